The zero-order valence-electron chi connectivity index (χ0n) is 16.3. The van der Waals surface area contributed by atoms with Crippen LogP contribution >= 0.6 is 0 Å². The molecule has 28 heavy (non-hydrogen) atoms. The Morgan fingerprint density at radius 1 is 0.893 bits per heavy atom. The molecular formula is C24H24N2O2. The van der Waals surface area contributed by atoms with Gasteiger partial charge in [0.05, 0.1) is 0 Å². The number of nitrogens with zero attached hydrogens (tertiary/aromatic N) is 2. The zero-order valence-corrected chi connectivity index (χ0v) is 16.3. The van der Waals surface area contributed by atoms with Gasteiger partial charge in [-0.05, 0) is 61.1 Å². The molecule has 0 unspecified atom stereocenters. The average Bonchev–Trinajstić information content (AvgIpc) is 2.99. The molecule has 0 fully saturated rings. The van der Waals surface area contributed by atoms with Crippen LogP contribution in [0.25, 0.3) is 0 Å². The highest BCUT2D eigenvalue weighted by Gasteiger charge is 2.27. The number of para-hydroxylation sites is 1. The van der Waals surface area contributed by atoms with Crippen molar-refractivity contribution < 1.29 is 9.53 Å². The van der Waals surface area contributed by atoms with E-state index in [4.69, 9.17) is 4.74 Å². The molecule has 0 radical (unpaired) electrons. The predicted octanol–water partition coefficient (Wildman–Crippen LogP) is 4.70. The van der Waals surface area contributed by atoms with Crippen molar-refractivity contribution in [2.75, 3.05) is 14.1 Å². The van der Waals surface area contributed by atoms with Gasteiger partial charge in [-0.1, -0.05) is 42.5 Å². The lowest BCUT2D eigenvalue weighted by atomic mass is 10.1. The normalized spacial score (nSPS) is 13.1. The molecule has 0 aliphatic carbocycles. The van der Waals surface area contributed by atoms with E-state index in [9.17, 15) is 4.79 Å². The van der Waals surface area contributed by atoms with Crippen molar-refractivity contribution in [2.24, 2.45) is 0 Å². The van der Waals surface area contributed by atoms with Crippen LogP contribution in [0.4, 0.5) is 0 Å². The average molecular weight is 372 g/mol. The molecule has 1 amide bonds. The van der Waals surface area contributed by atoms with Crippen molar-refractivity contribution in [1.29, 1.82) is 0 Å². The van der Waals surface area contributed by atoms with E-state index in [1.54, 1.807) is 0 Å². The number of hydrogen-bond acceptors (Lipinski definition) is 3. The second-order valence-corrected chi connectivity index (χ2v) is 7.45. The first-order valence-electron chi connectivity index (χ1n) is 9.46. The Morgan fingerprint density at radius 3 is 2.29 bits per heavy atom. The molecule has 3 aromatic rings. The molecule has 0 atom stereocenters. The number of rotatable bonds is 6. The summed E-state index contributed by atoms with van der Waals surface area (Å²) in [6, 6.07) is 23.8. The van der Waals surface area contributed by atoms with Crippen LogP contribution in [0.1, 0.15) is 27.0 Å². The molecule has 0 saturated heterocycles. The standard InChI is InChI=1S/C24H24N2O2/c1-25(2)15-19-10-13-23-20(14-19)17-26(24(23)27)16-18-8-11-22(12-9-18)28-21-6-4-3-5-7-21/h3-14H,15-17H2,1-2H3. The van der Waals surface area contributed by atoms with E-state index >= 15 is 0 Å². The van der Waals surface area contributed by atoms with E-state index < -0.39 is 0 Å². The lowest BCUT2D eigenvalue weighted by molar-refractivity contribution is 0.0766. The van der Waals surface area contributed by atoms with E-state index in [2.05, 4.69) is 31.1 Å². The maximum atomic E-state index is 12.7. The fourth-order valence-corrected chi connectivity index (χ4v) is 3.53. The largest absolute Gasteiger partial charge is 0.457 e. The minimum atomic E-state index is 0.107. The molecule has 0 aromatic heterocycles. The third kappa shape index (κ3) is 4.07. The SMILES string of the molecule is CN(C)Cc1ccc2c(c1)CN(Cc1ccc(Oc3ccccc3)cc1)C2=O. The Balaban J connectivity index is 1.42. The maximum Gasteiger partial charge on any atom is 0.254 e. The van der Waals surface area contributed by atoms with Gasteiger partial charge in [0.25, 0.3) is 5.91 Å². The number of amides is 1. The number of fused-ring (bicyclic) bond motifs is 1. The van der Waals surface area contributed by atoms with Crippen LogP contribution < -0.4 is 4.74 Å². The lowest BCUT2D eigenvalue weighted by Gasteiger charge is -2.16. The lowest BCUT2D eigenvalue weighted by Crippen LogP contribution is -2.23. The quantitative estimate of drug-likeness (QED) is 0.629. The zero-order chi connectivity index (χ0) is 19.5. The second kappa shape index (κ2) is 7.87. The fraction of sp³-hybridized carbons (Fsp3) is 0.208. The van der Waals surface area contributed by atoms with Crippen molar-refractivity contribution in [3.05, 3.63) is 95.1 Å². The first-order valence-corrected chi connectivity index (χ1v) is 9.46. The van der Waals surface area contributed by atoms with Gasteiger partial charge in [0.1, 0.15) is 11.5 Å². The number of benzene rings is 3. The monoisotopic (exact) mass is 372 g/mol. The summed E-state index contributed by atoms with van der Waals surface area (Å²) >= 11 is 0. The Labute approximate surface area is 166 Å². The van der Waals surface area contributed by atoms with E-state index in [1.165, 1.54) is 5.56 Å². The van der Waals surface area contributed by atoms with Crippen molar-refractivity contribution in [3.8, 4) is 11.5 Å². The van der Waals surface area contributed by atoms with Gasteiger partial charge in [0.2, 0.25) is 0 Å². The second-order valence-electron chi connectivity index (χ2n) is 7.45. The van der Waals surface area contributed by atoms with Gasteiger partial charge >= 0.3 is 0 Å². The van der Waals surface area contributed by atoms with Crippen LogP contribution in [0.3, 0.4) is 0 Å². The summed E-state index contributed by atoms with van der Waals surface area (Å²) in [7, 11) is 4.10. The third-order valence-electron chi connectivity index (χ3n) is 4.82. The summed E-state index contributed by atoms with van der Waals surface area (Å²) in [5, 5.41) is 0. The highest BCUT2D eigenvalue weighted by atomic mass is 16.5. The molecule has 0 saturated carbocycles. The van der Waals surface area contributed by atoms with E-state index in [0.717, 1.165) is 34.7 Å². The Kier molecular flexibility index (Phi) is 5.13. The minimum Gasteiger partial charge on any atom is -0.457 e. The molecule has 1 aliphatic rings. The van der Waals surface area contributed by atoms with Crippen LogP contribution in [0, 0.1) is 0 Å². The number of carbonyl (C=O) groups excluding carboxylic acids is 1. The van der Waals surface area contributed by atoms with Crippen LogP contribution in [0.2, 0.25) is 0 Å². The molecule has 0 bridgehead atoms. The van der Waals surface area contributed by atoms with E-state index in [1.807, 2.05) is 65.6 Å². The van der Waals surface area contributed by atoms with Crippen molar-refractivity contribution >= 4 is 5.91 Å². The van der Waals surface area contributed by atoms with Gasteiger partial charge in [-0.25, -0.2) is 0 Å². The molecule has 3 aromatic carbocycles. The maximum absolute atomic E-state index is 12.7. The predicted molar refractivity (Wildman–Crippen MR) is 110 cm³/mol. The third-order valence-corrected chi connectivity index (χ3v) is 4.82. The molecule has 1 aliphatic heterocycles. The van der Waals surface area contributed by atoms with E-state index in [0.29, 0.717) is 13.1 Å². The first kappa shape index (κ1) is 18.3. The fourth-order valence-electron chi connectivity index (χ4n) is 3.53. The van der Waals surface area contributed by atoms with Crippen molar-refractivity contribution in [2.45, 2.75) is 19.6 Å². The minimum absolute atomic E-state index is 0.107. The molecule has 4 nitrogen and oxygen atoms in total. The van der Waals surface area contributed by atoms with Crippen LogP contribution in [-0.4, -0.2) is 29.8 Å². The van der Waals surface area contributed by atoms with Crippen LogP contribution in [0.5, 0.6) is 11.5 Å². The number of ether oxygens (including phenoxy) is 1. The van der Waals surface area contributed by atoms with Gasteiger partial charge < -0.3 is 14.5 Å². The summed E-state index contributed by atoms with van der Waals surface area (Å²) in [6.07, 6.45) is 0. The van der Waals surface area contributed by atoms with Crippen LogP contribution in [-0.2, 0) is 19.6 Å². The molecular weight excluding hydrogens is 348 g/mol. The van der Waals surface area contributed by atoms with Crippen LogP contribution in [0.15, 0.2) is 72.8 Å². The topological polar surface area (TPSA) is 32.8 Å². The smallest absolute Gasteiger partial charge is 0.254 e. The highest BCUT2D eigenvalue weighted by molar-refractivity contribution is 5.98. The summed E-state index contributed by atoms with van der Waals surface area (Å²) in [6.45, 7) is 2.14. The Hall–Kier alpha value is -3.11. The van der Waals surface area contributed by atoms with Gasteiger partial charge in [-0.3, -0.25) is 4.79 Å². The van der Waals surface area contributed by atoms with Gasteiger partial charge in [-0.2, -0.15) is 0 Å². The van der Waals surface area contributed by atoms with Gasteiger partial charge in [0, 0.05) is 25.2 Å². The number of carbonyl (C=O) groups is 1. The van der Waals surface area contributed by atoms with E-state index in [-0.39, 0.29) is 5.91 Å². The summed E-state index contributed by atoms with van der Waals surface area (Å²) in [4.78, 5) is 16.8. The molecule has 4 heteroatoms. The Morgan fingerprint density at radius 2 is 1.57 bits per heavy atom. The van der Waals surface area contributed by atoms with Crippen molar-refractivity contribution in [1.82, 2.24) is 9.80 Å². The van der Waals surface area contributed by atoms with Gasteiger partial charge in [-0.15, -0.1) is 0 Å². The molecule has 142 valence electrons. The number of hydrogen-bond donors (Lipinski definition) is 0. The summed E-state index contributed by atoms with van der Waals surface area (Å²) in [5.74, 6) is 1.71. The molecule has 4 rings (SSSR count). The molecule has 0 N–H and O–H groups in total. The summed E-state index contributed by atoms with van der Waals surface area (Å²) in [5.41, 5.74) is 4.27. The molecule has 0 spiro atoms. The molecule has 1 heterocycles. The van der Waals surface area contributed by atoms with Gasteiger partial charge in [0.15, 0.2) is 0 Å². The summed E-state index contributed by atoms with van der Waals surface area (Å²) < 4.78 is 5.84. The van der Waals surface area contributed by atoms with Crippen molar-refractivity contribution in [3.63, 3.8) is 0 Å². The first-order chi connectivity index (χ1) is 13.6. The Bertz CT molecular complexity index is 966. The highest BCUT2D eigenvalue weighted by Crippen LogP contribution is 2.27.